The van der Waals surface area contributed by atoms with Gasteiger partial charge in [0.05, 0.1) is 34.6 Å². The second kappa shape index (κ2) is 10.8. The number of hydrogen-bond donors (Lipinski definition) is 1. The number of carbonyl (C=O) groups excluding carboxylic acids is 1. The summed E-state index contributed by atoms with van der Waals surface area (Å²) in [6.45, 7) is 0. The Hall–Kier alpha value is -5.33. The minimum Gasteiger partial charge on any atom is -0.384 e. The van der Waals surface area contributed by atoms with Crippen molar-refractivity contribution < 1.29 is 9.18 Å². The number of thiazole rings is 1. The molecule has 3 aromatic carbocycles. The van der Waals surface area contributed by atoms with Crippen molar-refractivity contribution in [3.8, 4) is 34.3 Å². The number of carbonyl (C=O) groups is 1. The number of aromatic nitrogens is 3. The zero-order chi connectivity index (χ0) is 29.5. The topological polar surface area (TPSA) is 101 Å². The molecular formula is C34H25FN6OS. The van der Waals surface area contributed by atoms with Gasteiger partial charge in [-0.15, -0.1) is 11.3 Å². The number of nitriles is 1. The largest absolute Gasteiger partial charge is 0.384 e. The third-order valence-electron chi connectivity index (χ3n) is 7.86. The molecule has 7 rings (SSSR count). The van der Waals surface area contributed by atoms with Crippen LogP contribution in [-0.4, -0.2) is 20.5 Å². The fraction of sp³-hybridized carbons (Fsp3) is 0.118. The van der Waals surface area contributed by atoms with Gasteiger partial charge in [-0.25, -0.2) is 14.1 Å². The normalized spacial score (nSPS) is 16.8. The molecule has 2 aliphatic rings. The van der Waals surface area contributed by atoms with Crippen LogP contribution in [0.5, 0.6) is 0 Å². The number of anilines is 1. The summed E-state index contributed by atoms with van der Waals surface area (Å²) in [7, 11) is 0. The van der Waals surface area contributed by atoms with E-state index in [1.54, 1.807) is 21.7 Å². The molecule has 2 aromatic heterocycles. The minimum absolute atomic E-state index is 0.0155. The first kappa shape index (κ1) is 26.6. The monoisotopic (exact) mass is 584 g/mol. The van der Waals surface area contributed by atoms with Crippen LogP contribution in [0.25, 0.3) is 28.2 Å². The van der Waals surface area contributed by atoms with Crippen molar-refractivity contribution in [2.75, 3.05) is 4.90 Å². The number of para-hydroxylation sites is 1. The number of Topliss-reactive ketones (excluding diaryl/α,β-unsaturated/α-hetero) is 1. The first-order valence-corrected chi connectivity index (χ1v) is 14.8. The van der Waals surface area contributed by atoms with Gasteiger partial charge >= 0.3 is 0 Å². The number of halogens is 1. The van der Waals surface area contributed by atoms with Crippen molar-refractivity contribution in [1.29, 1.82) is 5.26 Å². The predicted molar refractivity (Wildman–Crippen MR) is 164 cm³/mol. The summed E-state index contributed by atoms with van der Waals surface area (Å²) in [5.41, 5.74) is 13.0. The molecule has 0 fully saturated rings. The van der Waals surface area contributed by atoms with Crippen molar-refractivity contribution >= 4 is 22.3 Å². The van der Waals surface area contributed by atoms with Crippen molar-refractivity contribution in [1.82, 2.24) is 14.8 Å². The summed E-state index contributed by atoms with van der Waals surface area (Å²) in [5, 5.41) is 18.0. The van der Waals surface area contributed by atoms with Crippen LogP contribution >= 0.6 is 11.3 Å². The first-order valence-electron chi connectivity index (χ1n) is 13.9. The maximum Gasteiger partial charge on any atom is 0.195 e. The molecule has 5 aromatic rings. The van der Waals surface area contributed by atoms with Crippen LogP contribution in [-0.2, 0) is 4.79 Å². The molecular weight excluding hydrogens is 559 g/mol. The standard InChI is InChI=1S/C34H25FN6OS/c35-23-16-14-21(15-17-23)27-20-43-34(38-27)41-28-12-7-13-29(42)31(28)30(25(18-36)33(41)37)26-19-40(24-10-5-2-6-11-24)39-32(26)22-8-3-1-4-9-22/h1-6,8-11,14-17,19-20,30H,7,12-13,37H2. The van der Waals surface area contributed by atoms with E-state index in [2.05, 4.69) is 6.07 Å². The molecule has 1 unspecified atom stereocenters. The number of allylic oxidation sites excluding steroid dienone is 3. The first-order chi connectivity index (χ1) is 21.0. The van der Waals surface area contributed by atoms with Gasteiger partial charge in [0, 0.05) is 46.0 Å². The third-order valence-corrected chi connectivity index (χ3v) is 8.68. The van der Waals surface area contributed by atoms with Gasteiger partial charge in [0.25, 0.3) is 0 Å². The van der Waals surface area contributed by atoms with Crippen molar-refractivity contribution in [2.24, 2.45) is 5.73 Å². The predicted octanol–water partition coefficient (Wildman–Crippen LogP) is 7.11. The Kier molecular flexibility index (Phi) is 6.68. The summed E-state index contributed by atoms with van der Waals surface area (Å²) in [6, 6.07) is 28.0. The smallest absolute Gasteiger partial charge is 0.195 e. The number of ketones is 1. The highest BCUT2D eigenvalue weighted by Crippen LogP contribution is 2.49. The molecule has 210 valence electrons. The lowest BCUT2D eigenvalue weighted by Crippen LogP contribution is -2.38. The van der Waals surface area contributed by atoms with Crippen molar-refractivity contribution in [2.45, 2.75) is 25.2 Å². The zero-order valence-corrected chi connectivity index (χ0v) is 23.8. The lowest BCUT2D eigenvalue weighted by atomic mass is 9.75. The average Bonchev–Trinajstić information content (AvgIpc) is 3.70. The second-order valence-corrected chi connectivity index (χ2v) is 11.3. The van der Waals surface area contributed by atoms with Gasteiger partial charge < -0.3 is 5.73 Å². The molecule has 7 nitrogen and oxygen atoms in total. The summed E-state index contributed by atoms with van der Waals surface area (Å²) in [6.07, 6.45) is 3.57. The van der Waals surface area contributed by atoms with Gasteiger partial charge in [0.1, 0.15) is 11.6 Å². The lowest BCUT2D eigenvalue weighted by molar-refractivity contribution is -0.116. The van der Waals surface area contributed by atoms with Gasteiger partial charge in [0.15, 0.2) is 10.9 Å². The van der Waals surface area contributed by atoms with Crippen molar-refractivity contribution in [3.63, 3.8) is 0 Å². The SMILES string of the molecule is N#CC1=C(N)N(c2nc(-c3ccc(F)cc3)cs2)C2=C(C(=O)CCC2)C1c1cn(-c2ccccc2)nc1-c1ccccc1. The van der Waals surface area contributed by atoms with Crippen LogP contribution in [0.3, 0.4) is 0 Å². The number of hydrogen-bond acceptors (Lipinski definition) is 7. The molecule has 0 spiro atoms. The van der Waals surface area contributed by atoms with E-state index < -0.39 is 5.92 Å². The molecule has 2 N–H and O–H groups in total. The second-order valence-electron chi connectivity index (χ2n) is 10.4. The van der Waals surface area contributed by atoms with Gasteiger partial charge in [-0.1, -0.05) is 48.5 Å². The number of nitrogens with zero attached hydrogens (tertiary/aromatic N) is 5. The molecule has 1 aliphatic heterocycles. The van der Waals surface area contributed by atoms with E-state index in [0.717, 1.165) is 28.1 Å². The molecule has 0 bridgehead atoms. The van der Waals surface area contributed by atoms with Gasteiger partial charge in [-0.2, -0.15) is 10.4 Å². The fourth-order valence-corrected chi connectivity index (χ4v) is 6.74. The minimum atomic E-state index is -0.687. The molecule has 43 heavy (non-hydrogen) atoms. The van der Waals surface area contributed by atoms with E-state index in [0.29, 0.717) is 41.4 Å². The van der Waals surface area contributed by atoms with Crippen molar-refractivity contribution in [3.05, 3.63) is 131 Å². The maximum absolute atomic E-state index is 13.8. The van der Waals surface area contributed by atoms with Crippen LogP contribution in [0, 0.1) is 17.1 Å². The molecule has 3 heterocycles. The quantitative estimate of drug-likeness (QED) is 0.236. The maximum atomic E-state index is 13.8. The molecule has 1 atom stereocenters. The third kappa shape index (κ3) is 4.62. The molecule has 0 amide bonds. The molecule has 0 saturated heterocycles. The van der Waals surface area contributed by atoms with Gasteiger partial charge in [-0.05, 0) is 49.2 Å². The number of rotatable bonds is 5. The summed E-state index contributed by atoms with van der Waals surface area (Å²) in [4.78, 5) is 20.4. The fourth-order valence-electron chi connectivity index (χ4n) is 5.87. The van der Waals surface area contributed by atoms with Crippen LogP contribution in [0.4, 0.5) is 9.52 Å². The molecule has 9 heteroatoms. The Morgan fingerprint density at radius 3 is 2.40 bits per heavy atom. The highest BCUT2D eigenvalue weighted by molar-refractivity contribution is 7.14. The van der Waals surface area contributed by atoms with Crippen LogP contribution < -0.4 is 10.6 Å². The summed E-state index contributed by atoms with van der Waals surface area (Å²) < 4.78 is 15.3. The van der Waals surface area contributed by atoms with Crippen LogP contribution in [0.2, 0.25) is 0 Å². The Morgan fingerprint density at radius 1 is 0.953 bits per heavy atom. The highest BCUT2D eigenvalue weighted by Gasteiger charge is 2.42. The summed E-state index contributed by atoms with van der Waals surface area (Å²) in [5.74, 6) is -0.785. The van der Waals surface area contributed by atoms with E-state index in [9.17, 15) is 14.4 Å². The zero-order valence-electron chi connectivity index (χ0n) is 22.9. The molecule has 1 aliphatic carbocycles. The van der Waals surface area contributed by atoms with E-state index in [-0.39, 0.29) is 23.0 Å². The van der Waals surface area contributed by atoms with E-state index in [1.165, 1.54) is 23.5 Å². The van der Waals surface area contributed by atoms with Crippen LogP contribution in [0.15, 0.2) is 119 Å². The Labute approximate surface area is 251 Å². The van der Waals surface area contributed by atoms with E-state index in [1.807, 2.05) is 72.2 Å². The average molecular weight is 585 g/mol. The van der Waals surface area contributed by atoms with E-state index in [4.69, 9.17) is 15.8 Å². The Balaban J connectivity index is 1.41. The van der Waals surface area contributed by atoms with Gasteiger partial charge in [0.2, 0.25) is 0 Å². The highest BCUT2D eigenvalue weighted by atomic mass is 32.1. The lowest BCUT2D eigenvalue weighted by Gasteiger charge is -2.38. The molecule has 0 saturated carbocycles. The Morgan fingerprint density at radius 2 is 1.67 bits per heavy atom. The van der Waals surface area contributed by atoms with Gasteiger partial charge in [-0.3, -0.25) is 9.69 Å². The van der Waals surface area contributed by atoms with E-state index >= 15 is 0 Å². The number of nitrogens with two attached hydrogens (primary N) is 1. The number of benzene rings is 3. The van der Waals surface area contributed by atoms with Crippen LogP contribution in [0.1, 0.15) is 30.7 Å². The molecule has 0 radical (unpaired) electrons. The Bertz CT molecular complexity index is 1950. The summed E-state index contributed by atoms with van der Waals surface area (Å²) >= 11 is 1.36.